The molecule has 0 unspecified atom stereocenters. The molecule has 2 heterocycles. The lowest BCUT2D eigenvalue weighted by Crippen LogP contribution is -2.24. The molecule has 3 nitrogen and oxygen atoms in total. The summed E-state index contributed by atoms with van der Waals surface area (Å²) in [5.41, 5.74) is 0.578. The zero-order valence-corrected chi connectivity index (χ0v) is 8.56. The Balaban J connectivity index is 2.14. The number of anilines is 1. The molecule has 2 rings (SSSR count). The summed E-state index contributed by atoms with van der Waals surface area (Å²) in [7, 11) is 0. The lowest BCUT2D eigenvalue weighted by Gasteiger charge is -2.15. The first-order valence-electron chi connectivity index (χ1n) is 4.42. The van der Waals surface area contributed by atoms with Gasteiger partial charge in [-0.05, 0) is 6.07 Å². The summed E-state index contributed by atoms with van der Waals surface area (Å²) in [5, 5.41) is 10.3. The number of hydrogen-bond acceptors (Lipinski definition) is 3. The van der Waals surface area contributed by atoms with Gasteiger partial charge in [0.15, 0.2) is 0 Å². The molecule has 0 spiro atoms. The predicted octanol–water partition coefficient (Wildman–Crippen LogP) is 2.29. The highest BCUT2D eigenvalue weighted by Crippen LogP contribution is 2.33. The van der Waals surface area contributed by atoms with Crippen LogP contribution in [0.1, 0.15) is 16.1 Å². The molecule has 1 N–H and O–H groups in total. The van der Waals surface area contributed by atoms with Crippen LogP contribution < -0.4 is 4.90 Å². The third-order valence-corrected chi connectivity index (χ3v) is 3.24. The van der Waals surface area contributed by atoms with E-state index in [-0.39, 0.29) is 24.4 Å². The van der Waals surface area contributed by atoms with Gasteiger partial charge in [0.25, 0.3) is 5.92 Å². The van der Waals surface area contributed by atoms with Crippen molar-refractivity contribution in [1.82, 2.24) is 0 Å². The van der Waals surface area contributed by atoms with Gasteiger partial charge in [-0.2, -0.15) is 0 Å². The first-order chi connectivity index (χ1) is 6.98. The minimum absolute atomic E-state index is 0.161. The topological polar surface area (TPSA) is 40.5 Å². The number of hydrogen-bond donors (Lipinski definition) is 1. The number of carbonyl (C=O) groups is 1. The fourth-order valence-electron chi connectivity index (χ4n) is 1.56. The normalized spacial score (nSPS) is 19.5. The fraction of sp³-hybridized carbons (Fsp3) is 0.444. The first-order valence-corrected chi connectivity index (χ1v) is 5.30. The molecule has 15 heavy (non-hydrogen) atoms. The largest absolute Gasteiger partial charge is 0.477 e. The third kappa shape index (κ3) is 2.09. The summed E-state index contributed by atoms with van der Waals surface area (Å²) in [6.07, 6.45) is -0.161. The lowest BCUT2D eigenvalue weighted by molar-refractivity contribution is 0.0257. The van der Waals surface area contributed by atoms with Crippen molar-refractivity contribution in [3.8, 4) is 0 Å². The number of thiophene rings is 1. The minimum Gasteiger partial charge on any atom is -0.477 e. The monoisotopic (exact) mass is 233 g/mol. The van der Waals surface area contributed by atoms with E-state index >= 15 is 0 Å². The van der Waals surface area contributed by atoms with Gasteiger partial charge in [-0.3, -0.25) is 0 Å². The Bertz CT molecular complexity index is 391. The van der Waals surface area contributed by atoms with Crippen molar-refractivity contribution >= 4 is 23.0 Å². The number of carboxylic acids is 1. The summed E-state index contributed by atoms with van der Waals surface area (Å²) < 4.78 is 25.8. The molecule has 1 fully saturated rings. The Labute approximate surface area is 88.9 Å². The van der Waals surface area contributed by atoms with Gasteiger partial charge in [0.05, 0.1) is 6.54 Å². The van der Waals surface area contributed by atoms with E-state index in [1.54, 1.807) is 5.38 Å². The molecule has 82 valence electrons. The van der Waals surface area contributed by atoms with E-state index in [0.717, 1.165) is 11.3 Å². The summed E-state index contributed by atoms with van der Waals surface area (Å²) in [4.78, 5) is 12.3. The fourth-order valence-corrected chi connectivity index (χ4v) is 2.31. The maximum Gasteiger partial charge on any atom is 0.345 e. The predicted molar refractivity (Wildman–Crippen MR) is 53.1 cm³/mol. The molecule has 0 saturated carbocycles. The van der Waals surface area contributed by atoms with Crippen molar-refractivity contribution in [3.63, 3.8) is 0 Å². The highest BCUT2D eigenvalue weighted by atomic mass is 32.1. The molecular weight excluding hydrogens is 224 g/mol. The van der Waals surface area contributed by atoms with E-state index in [9.17, 15) is 13.6 Å². The Morgan fingerprint density at radius 2 is 2.33 bits per heavy atom. The molecule has 0 amide bonds. The van der Waals surface area contributed by atoms with E-state index in [1.165, 1.54) is 11.0 Å². The molecule has 1 aromatic heterocycles. The van der Waals surface area contributed by atoms with E-state index in [4.69, 9.17) is 5.11 Å². The summed E-state index contributed by atoms with van der Waals surface area (Å²) in [5.74, 6) is -3.66. The standard InChI is InChI=1S/C9H9F2NO2S/c10-9(11)1-2-12(5-9)6-3-7(8(13)14)15-4-6/h3-4H,1-2,5H2,(H,13,14). The molecule has 6 heteroatoms. The Hall–Kier alpha value is -1.17. The average molecular weight is 233 g/mol. The first kappa shape index (κ1) is 10.4. The van der Waals surface area contributed by atoms with Crippen LogP contribution >= 0.6 is 11.3 Å². The van der Waals surface area contributed by atoms with Crippen LogP contribution in [0.4, 0.5) is 14.5 Å². The second kappa shape index (κ2) is 3.44. The highest BCUT2D eigenvalue weighted by molar-refractivity contribution is 7.12. The number of carboxylic acid groups (broad SMARTS) is 1. The van der Waals surface area contributed by atoms with Crippen LogP contribution in [-0.2, 0) is 0 Å². The summed E-state index contributed by atoms with van der Waals surface area (Å²) >= 11 is 1.06. The van der Waals surface area contributed by atoms with Crippen LogP contribution in [0.2, 0.25) is 0 Å². The van der Waals surface area contributed by atoms with Crippen LogP contribution in [0, 0.1) is 0 Å². The van der Waals surface area contributed by atoms with Gasteiger partial charge >= 0.3 is 5.97 Å². The third-order valence-electron chi connectivity index (χ3n) is 2.33. The Morgan fingerprint density at radius 3 is 2.80 bits per heavy atom. The average Bonchev–Trinajstić information content (AvgIpc) is 2.70. The zero-order chi connectivity index (χ0) is 11.1. The van der Waals surface area contributed by atoms with Gasteiger partial charge in [-0.25, -0.2) is 13.6 Å². The number of aromatic carboxylic acids is 1. The van der Waals surface area contributed by atoms with Crippen molar-refractivity contribution in [2.24, 2.45) is 0 Å². The second-order valence-electron chi connectivity index (χ2n) is 3.50. The maximum absolute atomic E-state index is 12.9. The number of alkyl halides is 2. The quantitative estimate of drug-likeness (QED) is 0.852. The van der Waals surface area contributed by atoms with Crippen LogP contribution in [0.5, 0.6) is 0 Å². The van der Waals surface area contributed by atoms with Crippen LogP contribution in [0.15, 0.2) is 11.4 Å². The molecule has 0 aliphatic carbocycles. The minimum atomic E-state index is -2.65. The lowest BCUT2D eigenvalue weighted by atomic mass is 10.3. The van der Waals surface area contributed by atoms with E-state index < -0.39 is 11.9 Å². The van der Waals surface area contributed by atoms with Gasteiger partial charge in [-0.15, -0.1) is 11.3 Å². The molecule has 0 aromatic carbocycles. The van der Waals surface area contributed by atoms with Gasteiger partial charge < -0.3 is 10.0 Å². The van der Waals surface area contributed by atoms with Crippen molar-refractivity contribution in [1.29, 1.82) is 0 Å². The summed E-state index contributed by atoms with van der Waals surface area (Å²) in [6, 6.07) is 1.44. The smallest absolute Gasteiger partial charge is 0.345 e. The molecule has 1 aromatic rings. The van der Waals surface area contributed by atoms with Gasteiger partial charge in [0, 0.05) is 24.0 Å². The van der Waals surface area contributed by atoms with Gasteiger partial charge in [0.1, 0.15) is 4.88 Å². The second-order valence-corrected chi connectivity index (χ2v) is 4.41. The molecule has 0 bridgehead atoms. The number of rotatable bonds is 2. The zero-order valence-electron chi connectivity index (χ0n) is 7.74. The van der Waals surface area contributed by atoms with Crippen molar-refractivity contribution in [2.45, 2.75) is 12.3 Å². The van der Waals surface area contributed by atoms with Crippen molar-refractivity contribution in [3.05, 3.63) is 16.3 Å². The Kier molecular flexibility index (Phi) is 2.38. The summed E-state index contributed by atoms with van der Waals surface area (Å²) in [6.45, 7) is -0.0361. The van der Waals surface area contributed by atoms with E-state index in [1.807, 2.05) is 0 Å². The van der Waals surface area contributed by atoms with E-state index in [2.05, 4.69) is 0 Å². The number of nitrogens with zero attached hydrogens (tertiary/aromatic N) is 1. The molecule has 1 aliphatic heterocycles. The molecular formula is C9H9F2NO2S. The number of halogens is 2. The maximum atomic E-state index is 12.9. The van der Waals surface area contributed by atoms with Crippen LogP contribution in [0.25, 0.3) is 0 Å². The van der Waals surface area contributed by atoms with E-state index in [0.29, 0.717) is 5.69 Å². The van der Waals surface area contributed by atoms with Crippen molar-refractivity contribution in [2.75, 3.05) is 18.0 Å². The van der Waals surface area contributed by atoms with Crippen molar-refractivity contribution < 1.29 is 18.7 Å². The molecule has 1 saturated heterocycles. The SMILES string of the molecule is O=C(O)c1cc(N2CCC(F)(F)C2)cs1. The van der Waals surface area contributed by atoms with Crippen LogP contribution in [0.3, 0.4) is 0 Å². The van der Waals surface area contributed by atoms with Crippen LogP contribution in [-0.4, -0.2) is 30.1 Å². The molecule has 0 atom stereocenters. The van der Waals surface area contributed by atoms with Gasteiger partial charge in [0.2, 0.25) is 0 Å². The molecule has 1 aliphatic rings. The molecule has 0 radical (unpaired) electrons. The Morgan fingerprint density at radius 1 is 1.60 bits per heavy atom. The van der Waals surface area contributed by atoms with Gasteiger partial charge in [-0.1, -0.05) is 0 Å². The highest BCUT2D eigenvalue weighted by Gasteiger charge is 2.38.